The molecule has 2 rings (SSSR count). The van der Waals surface area contributed by atoms with Gasteiger partial charge in [-0.15, -0.1) is 0 Å². The summed E-state index contributed by atoms with van der Waals surface area (Å²) in [7, 11) is 2.36. The van der Waals surface area contributed by atoms with Crippen LogP contribution in [0, 0.1) is 6.42 Å². The summed E-state index contributed by atoms with van der Waals surface area (Å²) in [5.41, 5.74) is 0. The highest BCUT2D eigenvalue weighted by Gasteiger charge is 2.28. The van der Waals surface area contributed by atoms with Gasteiger partial charge in [0.25, 0.3) is 0 Å². The van der Waals surface area contributed by atoms with Crippen LogP contribution in [0.2, 0.25) is 0 Å². The summed E-state index contributed by atoms with van der Waals surface area (Å²) in [5, 5.41) is 0. The van der Waals surface area contributed by atoms with E-state index >= 15 is 0 Å². The average Bonchev–Trinajstić information content (AvgIpc) is 2.30. The van der Waals surface area contributed by atoms with E-state index < -0.39 is 0 Å². The molecule has 1 atom stereocenters. The van der Waals surface area contributed by atoms with E-state index in [0.717, 1.165) is 12.1 Å². The largest absolute Gasteiger partial charge is 0.296 e. The van der Waals surface area contributed by atoms with Crippen LogP contribution in [0.4, 0.5) is 0 Å². The van der Waals surface area contributed by atoms with Crippen LogP contribution in [0.5, 0.6) is 0 Å². The third-order valence-electron chi connectivity index (χ3n) is 4.11. The lowest BCUT2D eigenvalue weighted by molar-refractivity contribution is 0.121. The van der Waals surface area contributed by atoms with Crippen molar-refractivity contribution in [3.05, 3.63) is 6.42 Å². The van der Waals surface area contributed by atoms with Gasteiger partial charge in [0, 0.05) is 6.04 Å². The number of hydrogen-bond donors (Lipinski definition) is 0. The van der Waals surface area contributed by atoms with Crippen molar-refractivity contribution < 1.29 is 0 Å². The minimum absolute atomic E-state index is 0.867. The molecule has 1 heteroatoms. The molecule has 0 N–H and O–H groups in total. The zero-order chi connectivity index (χ0) is 9.80. The van der Waals surface area contributed by atoms with Crippen molar-refractivity contribution in [2.24, 2.45) is 0 Å². The second-order valence-corrected chi connectivity index (χ2v) is 5.07. The van der Waals surface area contributed by atoms with Crippen LogP contribution < -0.4 is 0 Å². The van der Waals surface area contributed by atoms with Crippen molar-refractivity contribution in [1.29, 1.82) is 0 Å². The summed E-state index contributed by atoms with van der Waals surface area (Å²) in [4.78, 5) is 2.69. The lowest BCUT2D eigenvalue weighted by atomic mass is 9.89. The predicted molar refractivity (Wildman–Crippen MR) is 61.2 cm³/mol. The van der Waals surface area contributed by atoms with Crippen LogP contribution >= 0.6 is 0 Å². The van der Waals surface area contributed by atoms with E-state index in [0.29, 0.717) is 0 Å². The molecule has 0 bridgehead atoms. The van der Waals surface area contributed by atoms with Gasteiger partial charge in [-0.25, -0.2) is 0 Å². The van der Waals surface area contributed by atoms with Gasteiger partial charge in [-0.3, -0.25) is 4.90 Å². The molecule has 14 heavy (non-hydrogen) atoms. The van der Waals surface area contributed by atoms with Crippen molar-refractivity contribution in [1.82, 2.24) is 4.90 Å². The van der Waals surface area contributed by atoms with E-state index in [2.05, 4.69) is 18.4 Å². The maximum absolute atomic E-state index is 2.69. The molecule has 0 saturated heterocycles. The Balaban J connectivity index is 1.82. The molecule has 0 radical (unpaired) electrons. The van der Waals surface area contributed by atoms with E-state index in [1.54, 1.807) is 0 Å². The average molecular weight is 194 g/mol. The SMILES string of the molecule is CN(C1C[CH+]CCC1)C1CCCCC1. The number of hydrogen-bond acceptors (Lipinski definition) is 1. The van der Waals surface area contributed by atoms with Crippen LogP contribution in [0.3, 0.4) is 0 Å². The first-order valence-electron chi connectivity index (χ1n) is 6.41. The van der Waals surface area contributed by atoms with Crippen molar-refractivity contribution in [2.45, 2.75) is 69.9 Å². The first-order valence-corrected chi connectivity index (χ1v) is 6.41. The van der Waals surface area contributed by atoms with Gasteiger partial charge in [0.05, 0.1) is 18.9 Å². The molecular formula is C13H24N+. The van der Waals surface area contributed by atoms with Gasteiger partial charge >= 0.3 is 0 Å². The van der Waals surface area contributed by atoms with Crippen LogP contribution in [-0.2, 0) is 0 Å². The molecule has 2 saturated carbocycles. The molecule has 0 amide bonds. The third kappa shape index (κ3) is 2.44. The molecule has 0 spiro atoms. The molecule has 80 valence electrons. The topological polar surface area (TPSA) is 3.24 Å². The van der Waals surface area contributed by atoms with Crippen LogP contribution in [-0.4, -0.2) is 24.0 Å². The van der Waals surface area contributed by atoms with Gasteiger partial charge in [-0.05, 0) is 32.7 Å². The molecule has 0 aromatic carbocycles. The third-order valence-corrected chi connectivity index (χ3v) is 4.11. The molecule has 2 aliphatic carbocycles. The molecule has 0 aliphatic heterocycles. The first kappa shape index (κ1) is 10.4. The van der Waals surface area contributed by atoms with Gasteiger partial charge in [-0.2, -0.15) is 0 Å². The number of nitrogens with zero attached hydrogens (tertiary/aromatic N) is 1. The van der Waals surface area contributed by atoms with E-state index in [9.17, 15) is 0 Å². The molecule has 0 aromatic rings. The van der Waals surface area contributed by atoms with Crippen LogP contribution in [0.15, 0.2) is 0 Å². The molecule has 2 aliphatic rings. The second kappa shape index (κ2) is 5.06. The van der Waals surface area contributed by atoms with Gasteiger partial charge in [-0.1, -0.05) is 19.3 Å². The minimum atomic E-state index is 0.867. The summed E-state index contributed by atoms with van der Waals surface area (Å²) < 4.78 is 0. The molecular weight excluding hydrogens is 170 g/mol. The van der Waals surface area contributed by atoms with Crippen molar-refractivity contribution in [2.75, 3.05) is 7.05 Å². The maximum Gasteiger partial charge on any atom is 0.103 e. The van der Waals surface area contributed by atoms with E-state index in [4.69, 9.17) is 0 Å². The Bertz CT molecular complexity index is 137. The van der Waals surface area contributed by atoms with Gasteiger partial charge in [0.15, 0.2) is 0 Å². The molecule has 2 fully saturated rings. The fourth-order valence-corrected chi connectivity index (χ4v) is 3.08. The van der Waals surface area contributed by atoms with Crippen molar-refractivity contribution in [3.63, 3.8) is 0 Å². The Hall–Kier alpha value is -0.170. The Morgan fingerprint density at radius 1 is 0.929 bits per heavy atom. The van der Waals surface area contributed by atoms with E-state index in [-0.39, 0.29) is 0 Å². The fourth-order valence-electron chi connectivity index (χ4n) is 3.08. The lowest BCUT2D eigenvalue weighted by Gasteiger charge is -2.36. The van der Waals surface area contributed by atoms with Crippen molar-refractivity contribution >= 4 is 0 Å². The summed E-state index contributed by atoms with van der Waals surface area (Å²) in [6.07, 6.45) is 15.3. The Kier molecular flexibility index (Phi) is 3.74. The standard InChI is InChI=1S/C13H24N/c1-14(12-8-4-2-5-9-12)13-10-6-3-7-11-13/h4,12-13H,2-3,5-11H2,1H3/q+1. The predicted octanol–water partition coefficient (Wildman–Crippen LogP) is 3.40. The van der Waals surface area contributed by atoms with Crippen molar-refractivity contribution in [3.8, 4) is 0 Å². The zero-order valence-corrected chi connectivity index (χ0v) is 9.54. The van der Waals surface area contributed by atoms with Crippen LogP contribution in [0.25, 0.3) is 0 Å². The quantitative estimate of drug-likeness (QED) is 0.609. The normalized spacial score (nSPS) is 30.3. The van der Waals surface area contributed by atoms with Gasteiger partial charge in [0.1, 0.15) is 6.42 Å². The Morgan fingerprint density at radius 3 is 2.29 bits per heavy atom. The lowest BCUT2D eigenvalue weighted by Crippen LogP contribution is -2.42. The zero-order valence-electron chi connectivity index (χ0n) is 9.54. The van der Waals surface area contributed by atoms with Crippen LogP contribution in [0.1, 0.15) is 57.8 Å². The Morgan fingerprint density at radius 2 is 1.64 bits per heavy atom. The summed E-state index contributed by atoms with van der Waals surface area (Å²) >= 11 is 0. The van der Waals surface area contributed by atoms with Gasteiger partial charge in [0.2, 0.25) is 0 Å². The molecule has 0 aromatic heterocycles. The monoisotopic (exact) mass is 194 g/mol. The first-order chi connectivity index (χ1) is 6.88. The highest BCUT2D eigenvalue weighted by molar-refractivity contribution is 4.86. The minimum Gasteiger partial charge on any atom is -0.296 e. The maximum atomic E-state index is 2.69. The molecule has 0 heterocycles. The van der Waals surface area contributed by atoms with Gasteiger partial charge < -0.3 is 0 Å². The summed E-state index contributed by atoms with van der Waals surface area (Å²) in [6, 6.07) is 1.77. The smallest absolute Gasteiger partial charge is 0.103 e. The summed E-state index contributed by atoms with van der Waals surface area (Å²) in [5.74, 6) is 0. The Labute approximate surface area is 88.9 Å². The second-order valence-electron chi connectivity index (χ2n) is 5.07. The molecule has 1 nitrogen and oxygen atoms in total. The summed E-state index contributed by atoms with van der Waals surface area (Å²) in [6.45, 7) is 0. The fraction of sp³-hybridized carbons (Fsp3) is 0.923. The highest BCUT2D eigenvalue weighted by Crippen LogP contribution is 2.28. The molecule has 1 unspecified atom stereocenters. The number of rotatable bonds is 2. The van der Waals surface area contributed by atoms with E-state index in [1.165, 1.54) is 57.8 Å². The van der Waals surface area contributed by atoms with E-state index in [1.807, 2.05) is 0 Å². The highest BCUT2D eigenvalue weighted by atomic mass is 15.2.